The van der Waals surface area contributed by atoms with Crippen LogP contribution in [0.1, 0.15) is 18.4 Å². The normalized spacial score (nSPS) is 20.6. The number of urea groups is 1. The molecule has 0 unspecified atom stereocenters. The highest BCUT2D eigenvalue weighted by molar-refractivity contribution is 5.94. The molecule has 0 bridgehead atoms. The second-order valence-electron chi connectivity index (χ2n) is 7.45. The number of anilines is 1. The molecule has 0 spiro atoms. The van der Waals surface area contributed by atoms with Crippen LogP contribution in [0.4, 0.5) is 14.9 Å². The van der Waals surface area contributed by atoms with Gasteiger partial charge in [-0.25, -0.2) is 9.18 Å². The minimum atomic E-state index is -0.286. The Labute approximate surface area is 165 Å². The van der Waals surface area contributed by atoms with Crippen molar-refractivity contribution in [2.45, 2.75) is 25.4 Å². The molecule has 2 aliphatic rings. The van der Waals surface area contributed by atoms with Crippen LogP contribution in [-0.2, 0) is 6.54 Å². The molecule has 6 heteroatoms. The Morgan fingerprint density at radius 1 is 1.07 bits per heavy atom. The molecule has 0 aliphatic carbocycles. The van der Waals surface area contributed by atoms with Gasteiger partial charge in [-0.2, -0.15) is 0 Å². The van der Waals surface area contributed by atoms with Crippen molar-refractivity contribution in [1.29, 1.82) is 0 Å². The summed E-state index contributed by atoms with van der Waals surface area (Å²) in [6.45, 7) is 4.07. The van der Waals surface area contributed by atoms with Gasteiger partial charge in [-0.05, 0) is 49.7 Å². The van der Waals surface area contributed by atoms with Crippen molar-refractivity contribution in [2.24, 2.45) is 0 Å². The summed E-state index contributed by atoms with van der Waals surface area (Å²) in [6, 6.07) is 14.5. The van der Waals surface area contributed by atoms with Crippen LogP contribution >= 0.6 is 0 Å². The molecule has 2 fully saturated rings. The van der Waals surface area contributed by atoms with Crippen LogP contribution in [0.3, 0.4) is 0 Å². The van der Waals surface area contributed by atoms with Gasteiger partial charge < -0.3 is 9.64 Å². The van der Waals surface area contributed by atoms with Gasteiger partial charge in [0.2, 0.25) is 0 Å². The fourth-order valence-corrected chi connectivity index (χ4v) is 4.26. The number of carbonyl (C=O) groups excluding carboxylic acids is 1. The Bertz CT molecular complexity index is 827. The smallest absolute Gasteiger partial charge is 0.324 e. The van der Waals surface area contributed by atoms with Crippen molar-refractivity contribution in [3.05, 3.63) is 59.9 Å². The number of para-hydroxylation sites is 1. The zero-order valence-electron chi connectivity index (χ0n) is 16.2. The quantitative estimate of drug-likeness (QED) is 0.789. The maximum absolute atomic E-state index is 13.2. The highest BCUT2D eigenvalue weighted by atomic mass is 19.1. The zero-order valence-corrected chi connectivity index (χ0v) is 16.2. The Morgan fingerprint density at radius 3 is 2.64 bits per heavy atom. The highest BCUT2D eigenvalue weighted by Gasteiger charge is 2.36. The van der Waals surface area contributed by atoms with Gasteiger partial charge in [0.15, 0.2) is 0 Å². The first-order valence-corrected chi connectivity index (χ1v) is 9.83. The number of carbonyl (C=O) groups is 1. The first-order valence-electron chi connectivity index (χ1n) is 9.83. The molecule has 28 heavy (non-hydrogen) atoms. The zero-order chi connectivity index (χ0) is 19.5. The summed E-state index contributed by atoms with van der Waals surface area (Å²) in [5.41, 5.74) is 1.93. The van der Waals surface area contributed by atoms with E-state index in [1.165, 1.54) is 17.7 Å². The summed E-state index contributed by atoms with van der Waals surface area (Å²) in [4.78, 5) is 19.1. The number of amides is 2. The van der Waals surface area contributed by atoms with E-state index in [4.69, 9.17) is 4.74 Å². The average Bonchev–Trinajstić information content (AvgIpc) is 3.10. The van der Waals surface area contributed by atoms with E-state index in [-0.39, 0.29) is 17.9 Å². The number of methoxy groups -OCH3 is 1. The number of nitrogens with zero attached hydrogens (tertiary/aromatic N) is 3. The van der Waals surface area contributed by atoms with Gasteiger partial charge in [-0.3, -0.25) is 9.80 Å². The fraction of sp³-hybridized carbons (Fsp3) is 0.409. The number of halogens is 1. The predicted octanol–water partition coefficient (Wildman–Crippen LogP) is 3.74. The molecule has 0 radical (unpaired) electrons. The first-order chi connectivity index (χ1) is 13.7. The molecule has 2 saturated heterocycles. The minimum Gasteiger partial charge on any atom is -0.496 e. The van der Waals surface area contributed by atoms with Gasteiger partial charge in [0.1, 0.15) is 11.6 Å². The lowest BCUT2D eigenvalue weighted by atomic mass is 10.0. The number of likely N-dealkylation sites (tertiary alicyclic amines) is 1. The third-order valence-corrected chi connectivity index (χ3v) is 5.69. The first kappa shape index (κ1) is 18.7. The SMILES string of the molecule is COc1ccccc1CN1CCC[C@@H](N2CCN(c3ccc(F)cc3)C2=O)C1. The Kier molecular flexibility index (Phi) is 5.48. The van der Waals surface area contributed by atoms with Gasteiger partial charge in [0.05, 0.1) is 7.11 Å². The highest BCUT2D eigenvalue weighted by Crippen LogP contribution is 2.27. The van der Waals surface area contributed by atoms with Crippen LogP contribution < -0.4 is 9.64 Å². The summed E-state index contributed by atoms with van der Waals surface area (Å²) in [5.74, 6) is 0.621. The van der Waals surface area contributed by atoms with E-state index in [9.17, 15) is 9.18 Å². The van der Waals surface area contributed by atoms with Crippen molar-refractivity contribution >= 4 is 11.7 Å². The number of rotatable bonds is 5. The molecule has 2 aliphatic heterocycles. The molecule has 2 heterocycles. The molecule has 0 aromatic heterocycles. The largest absolute Gasteiger partial charge is 0.496 e. The van der Waals surface area contributed by atoms with Gasteiger partial charge in [0.25, 0.3) is 0 Å². The van der Waals surface area contributed by atoms with E-state index in [0.29, 0.717) is 13.1 Å². The maximum Gasteiger partial charge on any atom is 0.324 e. The van der Waals surface area contributed by atoms with Crippen LogP contribution in [0, 0.1) is 5.82 Å². The third-order valence-electron chi connectivity index (χ3n) is 5.69. The van der Waals surface area contributed by atoms with Crippen molar-refractivity contribution < 1.29 is 13.9 Å². The Balaban J connectivity index is 1.42. The molecule has 0 saturated carbocycles. The molecule has 4 rings (SSSR count). The van der Waals surface area contributed by atoms with Crippen molar-refractivity contribution in [2.75, 3.05) is 38.2 Å². The third kappa shape index (κ3) is 3.83. The number of hydrogen-bond acceptors (Lipinski definition) is 3. The summed E-state index contributed by atoms with van der Waals surface area (Å²) < 4.78 is 18.7. The van der Waals surface area contributed by atoms with Crippen LogP contribution in [-0.4, -0.2) is 55.2 Å². The number of hydrogen-bond donors (Lipinski definition) is 0. The molecule has 2 aromatic carbocycles. The lowest BCUT2D eigenvalue weighted by Gasteiger charge is -2.37. The Hall–Kier alpha value is -2.60. The van der Waals surface area contributed by atoms with Gasteiger partial charge in [0, 0.05) is 43.5 Å². The van der Waals surface area contributed by atoms with Crippen LogP contribution in [0.15, 0.2) is 48.5 Å². The summed E-state index contributed by atoms with van der Waals surface area (Å²) in [5, 5.41) is 0. The van der Waals surface area contributed by atoms with Crippen LogP contribution in [0.2, 0.25) is 0 Å². The molecule has 2 amide bonds. The van der Waals surface area contributed by atoms with E-state index < -0.39 is 0 Å². The summed E-state index contributed by atoms with van der Waals surface area (Å²) in [6.07, 6.45) is 2.09. The second-order valence-corrected chi connectivity index (χ2v) is 7.45. The predicted molar refractivity (Wildman–Crippen MR) is 107 cm³/mol. The monoisotopic (exact) mass is 383 g/mol. The number of ether oxygens (including phenoxy) is 1. The number of benzene rings is 2. The average molecular weight is 383 g/mol. The van der Waals surface area contributed by atoms with Crippen LogP contribution in [0.5, 0.6) is 5.75 Å². The molecule has 2 aromatic rings. The van der Waals surface area contributed by atoms with Crippen molar-refractivity contribution in [1.82, 2.24) is 9.80 Å². The van der Waals surface area contributed by atoms with E-state index >= 15 is 0 Å². The van der Waals surface area contributed by atoms with E-state index in [0.717, 1.165) is 43.9 Å². The lowest BCUT2D eigenvalue weighted by Crippen LogP contribution is -2.49. The van der Waals surface area contributed by atoms with Crippen molar-refractivity contribution in [3.8, 4) is 5.75 Å². The van der Waals surface area contributed by atoms with Gasteiger partial charge in [-0.15, -0.1) is 0 Å². The molecule has 5 nitrogen and oxygen atoms in total. The summed E-state index contributed by atoms with van der Waals surface area (Å²) in [7, 11) is 1.70. The van der Waals surface area contributed by atoms with Crippen LogP contribution in [0.25, 0.3) is 0 Å². The lowest BCUT2D eigenvalue weighted by molar-refractivity contribution is 0.122. The molecular formula is C22H26FN3O2. The van der Waals surface area contributed by atoms with E-state index in [1.54, 1.807) is 24.1 Å². The van der Waals surface area contributed by atoms with Gasteiger partial charge >= 0.3 is 6.03 Å². The van der Waals surface area contributed by atoms with Crippen molar-refractivity contribution in [3.63, 3.8) is 0 Å². The Morgan fingerprint density at radius 2 is 1.86 bits per heavy atom. The van der Waals surface area contributed by atoms with E-state index in [1.807, 2.05) is 23.1 Å². The molecular weight excluding hydrogens is 357 g/mol. The second kappa shape index (κ2) is 8.19. The topological polar surface area (TPSA) is 36.0 Å². The minimum absolute atomic E-state index is 0.0238. The number of piperidine rings is 1. The standard InChI is InChI=1S/C22H26FN3O2/c1-28-21-7-3-2-5-17(21)15-24-12-4-6-20(16-24)26-14-13-25(22(26)27)19-10-8-18(23)9-11-19/h2-3,5,7-11,20H,4,6,12-16H2,1H3/t20-/m1/s1. The molecule has 1 atom stereocenters. The maximum atomic E-state index is 13.2. The van der Waals surface area contributed by atoms with Gasteiger partial charge in [-0.1, -0.05) is 18.2 Å². The fourth-order valence-electron chi connectivity index (χ4n) is 4.26. The molecule has 0 N–H and O–H groups in total. The van der Waals surface area contributed by atoms with E-state index in [2.05, 4.69) is 11.0 Å². The summed E-state index contributed by atoms with van der Waals surface area (Å²) >= 11 is 0. The molecule has 148 valence electrons.